The van der Waals surface area contributed by atoms with Crippen LogP contribution in [0.3, 0.4) is 0 Å². The van der Waals surface area contributed by atoms with E-state index in [1.54, 1.807) is 17.0 Å². The molecule has 1 aromatic carbocycles. The number of carbonyl (C=O) groups excluding carboxylic acids is 2. The van der Waals surface area contributed by atoms with Crippen molar-refractivity contribution in [1.82, 2.24) is 9.80 Å². The van der Waals surface area contributed by atoms with Crippen LogP contribution >= 0.6 is 0 Å². The first-order valence-electron chi connectivity index (χ1n) is 8.66. The number of carbonyl (C=O) groups is 2. The van der Waals surface area contributed by atoms with E-state index in [4.69, 9.17) is 5.73 Å². The standard InChI is InChI=1S/C18H25N3O3/c19-18(8-2-1-3-9-18)17(24)21-12-10-20(11-13-21)16(23)14-4-6-15(22)7-5-14/h4-7,22H,1-3,8-13,19H2. The van der Waals surface area contributed by atoms with Crippen LogP contribution in [0.2, 0.25) is 0 Å². The highest BCUT2D eigenvalue weighted by Crippen LogP contribution is 2.28. The molecule has 0 bridgehead atoms. The first kappa shape index (κ1) is 16.8. The van der Waals surface area contributed by atoms with Crippen LogP contribution in [-0.4, -0.2) is 58.4 Å². The number of nitrogens with zero attached hydrogens (tertiary/aromatic N) is 2. The molecule has 0 spiro atoms. The zero-order chi connectivity index (χ0) is 17.2. The molecule has 1 saturated carbocycles. The number of hydrogen-bond donors (Lipinski definition) is 2. The number of hydrogen-bond acceptors (Lipinski definition) is 4. The van der Waals surface area contributed by atoms with Gasteiger partial charge in [0, 0.05) is 31.7 Å². The second kappa shape index (κ2) is 6.81. The fourth-order valence-electron chi connectivity index (χ4n) is 3.61. The number of piperazine rings is 1. The van der Waals surface area contributed by atoms with Crippen LogP contribution in [-0.2, 0) is 4.79 Å². The lowest BCUT2D eigenvalue weighted by atomic mass is 9.81. The number of benzene rings is 1. The summed E-state index contributed by atoms with van der Waals surface area (Å²) in [6.07, 6.45) is 4.71. The summed E-state index contributed by atoms with van der Waals surface area (Å²) in [5.41, 5.74) is 6.18. The van der Waals surface area contributed by atoms with Crippen LogP contribution in [0.4, 0.5) is 0 Å². The molecule has 2 fully saturated rings. The molecule has 0 atom stereocenters. The SMILES string of the molecule is NC1(C(=O)N2CCN(C(=O)c3ccc(O)cc3)CC2)CCCCC1. The van der Waals surface area contributed by atoms with E-state index in [1.165, 1.54) is 12.1 Å². The highest BCUT2D eigenvalue weighted by atomic mass is 16.3. The molecule has 3 N–H and O–H groups in total. The summed E-state index contributed by atoms with van der Waals surface area (Å²) in [6.45, 7) is 2.09. The van der Waals surface area contributed by atoms with Gasteiger partial charge in [0.15, 0.2) is 0 Å². The van der Waals surface area contributed by atoms with Crippen molar-refractivity contribution in [2.24, 2.45) is 5.73 Å². The molecule has 6 heteroatoms. The Morgan fingerprint density at radius 2 is 1.46 bits per heavy atom. The van der Waals surface area contributed by atoms with Crippen LogP contribution in [0, 0.1) is 0 Å². The number of rotatable bonds is 2. The predicted molar refractivity (Wildman–Crippen MR) is 90.6 cm³/mol. The van der Waals surface area contributed by atoms with Gasteiger partial charge in [0.05, 0.1) is 5.54 Å². The van der Waals surface area contributed by atoms with E-state index in [2.05, 4.69) is 0 Å². The summed E-state index contributed by atoms with van der Waals surface area (Å²) in [5.74, 6) is 0.115. The van der Waals surface area contributed by atoms with E-state index in [1.807, 2.05) is 4.90 Å². The molecule has 0 aromatic heterocycles. The Labute approximate surface area is 142 Å². The Hall–Kier alpha value is -2.08. The predicted octanol–water partition coefficient (Wildman–Crippen LogP) is 1.34. The molecule has 0 unspecified atom stereocenters. The third-order valence-electron chi connectivity index (χ3n) is 5.14. The highest BCUT2D eigenvalue weighted by molar-refractivity contribution is 5.94. The number of aromatic hydroxyl groups is 1. The summed E-state index contributed by atoms with van der Waals surface area (Å²) >= 11 is 0. The monoisotopic (exact) mass is 331 g/mol. The molecule has 0 radical (unpaired) electrons. The van der Waals surface area contributed by atoms with E-state index in [0.717, 1.165) is 32.1 Å². The van der Waals surface area contributed by atoms with Crippen LogP contribution in [0.25, 0.3) is 0 Å². The van der Waals surface area contributed by atoms with E-state index >= 15 is 0 Å². The minimum absolute atomic E-state index is 0.0407. The van der Waals surface area contributed by atoms with Gasteiger partial charge in [-0.25, -0.2) is 0 Å². The summed E-state index contributed by atoms with van der Waals surface area (Å²) in [5, 5.41) is 9.31. The number of phenols is 1. The summed E-state index contributed by atoms with van der Waals surface area (Å²) in [6, 6.07) is 6.25. The second-order valence-electron chi connectivity index (χ2n) is 6.85. The zero-order valence-electron chi connectivity index (χ0n) is 13.9. The van der Waals surface area contributed by atoms with Gasteiger partial charge in [0.2, 0.25) is 5.91 Å². The van der Waals surface area contributed by atoms with Gasteiger partial charge in [-0.15, -0.1) is 0 Å². The minimum atomic E-state index is -0.707. The Morgan fingerprint density at radius 1 is 0.917 bits per heavy atom. The van der Waals surface area contributed by atoms with E-state index in [0.29, 0.717) is 31.7 Å². The van der Waals surface area contributed by atoms with Crippen LogP contribution in [0.15, 0.2) is 24.3 Å². The second-order valence-corrected chi connectivity index (χ2v) is 6.85. The Balaban J connectivity index is 1.58. The quantitative estimate of drug-likeness (QED) is 0.856. The Kier molecular flexibility index (Phi) is 4.76. The number of nitrogens with two attached hydrogens (primary N) is 1. The topological polar surface area (TPSA) is 86.9 Å². The summed E-state index contributed by atoms with van der Waals surface area (Å²) in [4.78, 5) is 28.8. The maximum Gasteiger partial charge on any atom is 0.253 e. The van der Waals surface area contributed by atoms with Gasteiger partial charge in [0.1, 0.15) is 5.75 Å². The zero-order valence-corrected chi connectivity index (χ0v) is 13.9. The molecular weight excluding hydrogens is 306 g/mol. The molecule has 1 heterocycles. The normalized spacial score (nSPS) is 20.7. The van der Waals surface area contributed by atoms with Crippen LogP contribution in [0.1, 0.15) is 42.5 Å². The van der Waals surface area contributed by atoms with Crippen molar-refractivity contribution in [3.8, 4) is 5.75 Å². The van der Waals surface area contributed by atoms with Crippen molar-refractivity contribution in [3.05, 3.63) is 29.8 Å². The summed E-state index contributed by atoms with van der Waals surface area (Å²) in [7, 11) is 0. The molecule has 24 heavy (non-hydrogen) atoms. The molecule has 6 nitrogen and oxygen atoms in total. The fourth-order valence-corrected chi connectivity index (χ4v) is 3.61. The molecule has 130 valence electrons. The average Bonchev–Trinajstić information content (AvgIpc) is 2.62. The number of phenolic OH excluding ortho intramolecular Hbond substituents is 1. The molecule has 3 rings (SSSR count). The maximum absolute atomic E-state index is 12.7. The van der Waals surface area contributed by atoms with E-state index in [9.17, 15) is 14.7 Å². The van der Waals surface area contributed by atoms with Gasteiger partial charge in [-0.05, 0) is 37.1 Å². The van der Waals surface area contributed by atoms with Crippen molar-refractivity contribution in [2.45, 2.75) is 37.6 Å². The van der Waals surface area contributed by atoms with Crippen molar-refractivity contribution >= 4 is 11.8 Å². The fraction of sp³-hybridized carbons (Fsp3) is 0.556. The third-order valence-corrected chi connectivity index (χ3v) is 5.14. The highest BCUT2D eigenvalue weighted by Gasteiger charge is 2.39. The molecule has 2 amide bonds. The average molecular weight is 331 g/mol. The largest absolute Gasteiger partial charge is 0.508 e. The van der Waals surface area contributed by atoms with Crippen molar-refractivity contribution in [2.75, 3.05) is 26.2 Å². The van der Waals surface area contributed by atoms with Crippen molar-refractivity contribution in [3.63, 3.8) is 0 Å². The molecule has 1 saturated heterocycles. The third kappa shape index (κ3) is 3.38. The smallest absolute Gasteiger partial charge is 0.253 e. The molecule has 2 aliphatic rings. The lowest BCUT2D eigenvalue weighted by Crippen LogP contribution is -2.60. The first-order valence-corrected chi connectivity index (χ1v) is 8.66. The Morgan fingerprint density at radius 3 is 2.04 bits per heavy atom. The van der Waals surface area contributed by atoms with Crippen LogP contribution in [0.5, 0.6) is 5.75 Å². The van der Waals surface area contributed by atoms with Crippen molar-refractivity contribution in [1.29, 1.82) is 0 Å². The van der Waals surface area contributed by atoms with Crippen LogP contribution < -0.4 is 5.73 Å². The first-order chi connectivity index (χ1) is 11.5. The van der Waals surface area contributed by atoms with Crippen molar-refractivity contribution < 1.29 is 14.7 Å². The lowest BCUT2D eigenvalue weighted by Gasteiger charge is -2.41. The van der Waals surface area contributed by atoms with Gasteiger partial charge < -0.3 is 20.6 Å². The van der Waals surface area contributed by atoms with E-state index < -0.39 is 5.54 Å². The Bertz CT molecular complexity index is 600. The minimum Gasteiger partial charge on any atom is -0.508 e. The molecular formula is C18H25N3O3. The van der Waals surface area contributed by atoms with Gasteiger partial charge >= 0.3 is 0 Å². The summed E-state index contributed by atoms with van der Waals surface area (Å²) < 4.78 is 0. The van der Waals surface area contributed by atoms with Gasteiger partial charge in [-0.3, -0.25) is 9.59 Å². The van der Waals surface area contributed by atoms with Gasteiger partial charge in [-0.1, -0.05) is 19.3 Å². The van der Waals surface area contributed by atoms with Gasteiger partial charge in [0.25, 0.3) is 5.91 Å². The number of amides is 2. The van der Waals surface area contributed by atoms with E-state index in [-0.39, 0.29) is 17.6 Å². The maximum atomic E-state index is 12.7. The van der Waals surface area contributed by atoms with Gasteiger partial charge in [-0.2, -0.15) is 0 Å². The molecule has 1 aliphatic carbocycles. The molecule has 1 aliphatic heterocycles. The molecule has 1 aromatic rings. The lowest BCUT2D eigenvalue weighted by molar-refractivity contribution is -0.139.